The van der Waals surface area contributed by atoms with Crippen molar-refractivity contribution in [3.63, 3.8) is 0 Å². The Bertz CT molecular complexity index is 1260. The monoisotopic (exact) mass is 453 g/mol. The lowest BCUT2D eigenvalue weighted by atomic mass is 10.1. The first-order valence-corrected chi connectivity index (χ1v) is 10.1. The summed E-state index contributed by atoms with van der Waals surface area (Å²) >= 11 is 12.2. The molecule has 0 unspecified atom stereocenters. The van der Waals surface area contributed by atoms with Crippen molar-refractivity contribution in [2.45, 2.75) is 13.8 Å². The van der Waals surface area contributed by atoms with Crippen molar-refractivity contribution in [1.29, 1.82) is 0 Å². The highest BCUT2D eigenvalue weighted by Crippen LogP contribution is 2.29. The third kappa shape index (κ3) is 3.76. The van der Waals surface area contributed by atoms with Gasteiger partial charge in [-0.15, -0.1) is 0 Å². The van der Waals surface area contributed by atoms with E-state index in [2.05, 4.69) is 5.32 Å². The highest BCUT2D eigenvalue weighted by molar-refractivity contribution is 6.42. The van der Waals surface area contributed by atoms with E-state index in [0.29, 0.717) is 21.3 Å². The average Bonchev–Trinajstić information content (AvgIpc) is 3.01. The van der Waals surface area contributed by atoms with Crippen LogP contribution in [-0.2, 0) is 9.59 Å². The number of aryl methyl sites for hydroxylation is 1. The van der Waals surface area contributed by atoms with Crippen molar-refractivity contribution >= 4 is 52.8 Å². The number of para-hydroxylation sites is 1. The molecule has 1 saturated heterocycles. The first-order valence-electron chi connectivity index (χ1n) is 9.39. The van der Waals surface area contributed by atoms with Gasteiger partial charge in [0.05, 0.1) is 15.7 Å². The molecule has 4 rings (SSSR count). The normalized spacial score (nSPS) is 15.5. The molecule has 156 valence electrons. The molecule has 1 aromatic heterocycles. The van der Waals surface area contributed by atoms with Crippen molar-refractivity contribution in [1.82, 2.24) is 9.88 Å². The molecule has 2 heterocycles. The average molecular weight is 454 g/mol. The lowest BCUT2D eigenvalue weighted by Gasteiger charge is -2.26. The highest BCUT2D eigenvalue weighted by Gasteiger charge is 2.36. The van der Waals surface area contributed by atoms with Gasteiger partial charge in [0.1, 0.15) is 5.57 Å². The second kappa shape index (κ2) is 8.06. The Morgan fingerprint density at radius 3 is 2.26 bits per heavy atom. The summed E-state index contributed by atoms with van der Waals surface area (Å²) in [5.74, 6) is -1.42. The summed E-state index contributed by atoms with van der Waals surface area (Å²) < 4.78 is 1.94. The maximum absolute atomic E-state index is 13.0. The second-order valence-corrected chi connectivity index (χ2v) is 7.87. The zero-order valence-corrected chi connectivity index (χ0v) is 18.2. The van der Waals surface area contributed by atoms with Crippen LogP contribution in [0.2, 0.25) is 10.0 Å². The van der Waals surface area contributed by atoms with Crippen LogP contribution in [0, 0.1) is 13.8 Å². The summed E-state index contributed by atoms with van der Waals surface area (Å²) in [6.07, 6.45) is 1.50. The lowest BCUT2D eigenvalue weighted by Crippen LogP contribution is -2.54. The Labute approximate surface area is 188 Å². The fourth-order valence-electron chi connectivity index (χ4n) is 3.58. The summed E-state index contributed by atoms with van der Waals surface area (Å²) in [6.45, 7) is 3.77. The summed E-state index contributed by atoms with van der Waals surface area (Å²) in [4.78, 5) is 38.8. The van der Waals surface area contributed by atoms with Crippen LogP contribution in [0.3, 0.4) is 0 Å². The van der Waals surface area contributed by atoms with E-state index < -0.39 is 17.8 Å². The zero-order valence-electron chi connectivity index (χ0n) is 16.6. The number of hydrogen-bond acceptors (Lipinski definition) is 3. The van der Waals surface area contributed by atoms with Gasteiger partial charge in [0, 0.05) is 17.1 Å². The van der Waals surface area contributed by atoms with E-state index in [1.54, 1.807) is 42.5 Å². The number of urea groups is 1. The molecule has 6 nitrogen and oxygen atoms in total. The van der Waals surface area contributed by atoms with Crippen molar-refractivity contribution < 1.29 is 14.4 Å². The Hall–Kier alpha value is -3.35. The molecule has 1 fully saturated rings. The van der Waals surface area contributed by atoms with Crippen molar-refractivity contribution in [2.24, 2.45) is 0 Å². The highest BCUT2D eigenvalue weighted by atomic mass is 35.5. The fraction of sp³-hybridized carbons (Fsp3) is 0.0870. The summed E-state index contributed by atoms with van der Waals surface area (Å²) in [5, 5.41) is 3.11. The standard InChI is InChI=1S/C23H17Cl2N3O3/c1-13-10-15(14(2)27(13)17-8-9-19(24)20(25)12-17)11-18-21(29)26-23(31)28(22(18)30)16-6-4-3-5-7-16/h3-12H,1-2H3,(H,26,29,31). The van der Waals surface area contributed by atoms with Gasteiger partial charge in [0.25, 0.3) is 11.8 Å². The molecule has 0 radical (unpaired) electrons. The molecule has 1 aliphatic rings. The number of nitrogens with zero attached hydrogens (tertiary/aromatic N) is 2. The number of imide groups is 2. The Morgan fingerprint density at radius 1 is 0.871 bits per heavy atom. The third-order valence-electron chi connectivity index (χ3n) is 5.05. The number of amides is 4. The topological polar surface area (TPSA) is 71.4 Å². The van der Waals surface area contributed by atoms with Crippen molar-refractivity contribution in [3.05, 3.63) is 87.2 Å². The van der Waals surface area contributed by atoms with Crippen molar-refractivity contribution in [2.75, 3.05) is 4.90 Å². The van der Waals surface area contributed by atoms with E-state index in [4.69, 9.17) is 23.2 Å². The largest absolute Gasteiger partial charge is 0.335 e. The molecule has 1 N–H and O–H groups in total. The minimum Gasteiger partial charge on any atom is -0.318 e. The molecule has 0 atom stereocenters. The molecule has 2 aromatic carbocycles. The molecule has 0 aliphatic carbocycles. The number of rotatable bonds is 3. The van der Waals surface area contributed by atoms with E-state index >= 15 is 0 Å². The molecule has 1 aliphatic heterocycles. The van der Waals surface area contributed by atoms with Crippen molar-refractivity contribution in [3.8, 4) is 5.69 Å². The van der Waals surface area contributed by atoms with Crippen LogP contribution in [0.25, 0.3) is 11.8 Å². The number of aromatic nitrogens is 1. The lowest BCUT2D eigenvalue weighted by molar-refractivity contribution is -0.122. The minimum atomic E-state index is -0.778. The van der Waals surface area contributed by atoms with Crippen LogP contribution in [0.15, 0.2) is 60.2 Å². The van der Waals surface area contributed by atoms with Gasteiger partial charge in [-0.1, -0.05) is 41.4 Å². The molecule has 0 bridgehead atoms. The molecule has 0 spiro atoms. The molecule has 31 heavy (non-hydrogen) atoms. The molecule has 4 amide bonds. The molecule has 3 aromatic rings. The van der Waals surface area contributed by atoms with Crippen LogP contribution in [0.1, 0.15) is 17.0 Å². The number of barbiturate groups is 1. The zero-order chi connectivity index (χ0) is 22.3. The summed E-state index contributed by atoms with van der Waals surface area (Å²) in [6, 6.07) is 14.8. The number of anilines is 1. The van der Waals surface area contributed by atoms with E-state index in [1.807, 2.05) is 30.5 Å². The first kappa shape index (κ1) is 20.9. The van der Waals surface area contributed by atoms with E-state index in [0.717, 1.165) is 22.0 Å². The smallest absolute Gasteiger partial charge is 0.318 e. The summed E-state index contributed by atoms with van der Waals surface area (Å²) in [7, 11) is 0. The Morgan fingerprint density at radius 2 is 1.58 bits per heavy atom. The van der Waals surface area contributed by atoms with Crippen LogP contribution >= 0.6 is 23.2 Å². The SMILES string of the molecule is Cc1cc(C=C2C(=O)NC(=O)N(c3ccccc3)C2=O)c(C)n1-c1ccc(Cl)c(Cl)c1. The maximum atomic E-state index is 13.0. The first-order chi connectivity index (χ1) is 14.8. The molecule has 8 heteroatoms. The Kier molecular flexibility index (Phi) is 5.43. The van der Waals surface area contributed by atoms with Gasteiger partial charge in [0.15, 0.2) is 0 Å². The number of benzene rings is 2. The third-order valence-corrected chi connectivity index (χ3v) is 5.79. The minimum absolute atomic E-state index is 0.127. The quantitative estimate of drug-likeness (QED) is 0.444. The summed E-state index contributed by atoms with van der Waals surface area (Å²) in [5.41, 5.74) is 3.40. The van der Waals surface area contributed by atoms with E-state index in [9.17, 15) is 14.4 Å². The molecule has 0 saturated carbocycles. The van der Waals surface area contributed by atoms with Gasteiger partial charge in [-0.2, -0.15) is 0 Å². The maximum Gasteiger partial charge on any atom is 0.335 e. The molecular weight excluding hydrogens is 437 g/mol. The van der Waals surface area contributed by atoms with Gasteiger partial charge < -0.3 is 4.57 Å². The van der Waals surface area contributed by atoms with Gasteiger partial charge >= 0.3 is 6.03 Å². The van der Waals surface area contributed by atoms with E-state index in [1.165, 1.54) is 6.08 Å². The van der Waals surface area contributed by atoms with Crippen LogP contribution < -0.4 is 10.2 Å². The Balaban J connectivity index is 1.77. The van der Waals surface area contributed by atoms with Crippen LogP contribution in [0.5, 0.6) is 0 Å². The van der Waals surface area contributed by atoms with Gasteiger partial charge in [-0.25, -0.2) is 9.69 Å². The number of carbonyl (C=O) groups excluding carboxylic acids is 3. The van der Waals surface area contributed by atoms with Crippen LogP contribution in [0.4, 0.5) is 10.5 Å². The van der Waals surface area contributed by atoms with E-state index in [-0.39, 0.29) is 5.57 Å². The molecular formula is C23H17Cl2N3O3. The van der Waals surface area contributed by atoms with Gasteiger partial charge in [0.2, 0.25) is 0 Å². The predicted octanol–water partition coefficient (Wildman–Crippen LogP) is 5.07. The van der Waals surface area contributed by atoms with Gasteiger partial charge in [-0.3, -0.25) is 14.9 Å². The number of nitrogens with one attached hydrogen (secondary N) is 1. The van der Waals surface area contributed by atoms with Crippen LogP contribution in [-0.4, -0.2) is 22.4 Å². The number of carbonyl (C=O) groups is 3. The van der Waals surface area contributed by atoms with Gasteiger partial charge in [-0.05, 0) is 61.9 Å². The fourth-order valence-corrected chi connectivity index (χ4v) is 3.87. The number of hydrogen-bond donors (Lipinski definition) is 1. The predicted molar refractivity (Wildman–Crippen MR) is 121 cm³/mol. The second-order valence-electron chi connectivity index (χ2n) is 7.05. The number of halogens is 2.